The first-order valence-corrected chi connectivity index (χ1v) is 7.15. The van der Waals surface area contributed by atoms with E-state index in [2.05, 4.69) is 28.2 Å². The molecule has 1 rings (SSSR count). The highest BCUT2D eigenvalue weighted by atomic mass is 79.9. The van der Waals surface area contributed by atoms with Crippen LogP contribution >= 0.6 is 15.9 Å². The van der Waals surface area contributed by atoms with Crippen molar-refractivity contribution in [3.05, 3.63) is 34.9 Å². The predicted octanol–water partition coefficient (Wildman–Crippen LogP) is 3.60. The highest BCUT2D eigenvalue weighted by Crippen LogP contribution is 2.14. The molecule has 0 aliphatic rings. The summed E-state index contributed by atoms with van der Waals surface area (Å²) in [4.78, 5) is 12.2. The number of benzene rings is 1. The zero-order valence-corrected chi connectivity index (χ0v) is 12.3. The van der Waals surface area contributed by atoms with E-state index in [1.54, 1.807) is 0 Å². The molecule has 1 N–H and O–H groups in total. The molecule has 0 bridgehead atoms. The van der Waals surface area contributed by atoms with Crippen LogP contribution in [0.15, 0.2) is 18.2 Å². The Kier molecular flexibility index (Phi) is 5.69. The minimum Gasteiger partial charge on any atom is -0.349 e. The van der Waals surface area contributed by atoms with E-state index in [4.69, 9.17) is 0 Å². The van der Waals surface area contributed by atoms with Gasteiger partial charge in [0.25, 0.3) is 5.91 Å². The van der Waals surface area contributed by atoms with Crippen molar-refractivity contribution in [2.45, 2.75) is 39.7 Å². The standard InChI is InChI=1S/C14H20BrNO/c1-4-12(8-9-15)16-14(17)13-10(2)6-5-7-11(13)3/h5-7,12H,4,8-9H2,1-3H3,(H,16,17). The fourth-order valence-electron chi connectivity index (χ4n) is 1.94. The van der Waals surface area contributed by atoms with Gasteiger partial charge in [-0.2, -0.15) is 0 Å². The van der Waals surface area contributed by atoms with Crippen LogP contribution in [0.1, 0.15) is 41.3 Å². The number of aryl methyl sites for hydroxylation is 2. The summed E-state index contributed by atoms with van der Waals surface area (Å²) in [5.41, 5.74) is 2.90. The van der Waals surface area contributed by atoms with E-state index in [0.717, 1.165) is 34.9 Å². The molecule has 0 spiro atoms. The second-order valence-electron chi connectivity index (χ2n) is 4.32. The normalized spacial score (nSPS) is 12.2. The number of carbonyl (C=O) groups is 1. The van der Waals surface area contributed by atoms with Crippen LogP contribution in [0, 0.1) is 13.8 Å². The molecule has 1 atom stereocenters. The van der Waals surface area contributed by atoms with Gasteiger partial charge in [0.15, 0.2) is 0 Å². The number of nitrogens with one attached hydrogen (secondary N) is 1. The van der Waals surface area contributed by atoms with Crippen LogP contribution in [0.4, 0.5) is 0 Å². The molecule has 0 fully saturated rings. The summed E-state index contributed by atoms with van der Waals surface area (Å²) in [6.45, 7) is 6.05. The van der Waals surface area contributed by atoms with Gasteiger partial charge in [-0.15, -0.1) is 0 Å². The minimum atomic E-state index is 0.0494. The molecule has 0 aliphatic heterocycles. The molecule has 0 saturated heterocycles. The van der Waals surface area contributed by atoms with E-state index >= 15 is 0 Å². The highest BCUT2D eigenvalue weighted by Gasteiger charge is 2.15. The van der Waals surface area contributed by atoms with Crippen molar-refractivity contribution in [1.29, 1.82) is 0 Å². The first-order chi connectivity index (χ1) is 8.10. The van der Waals surface area contributed by atoms with Crippen molar-refractivity contribution in [1.82, 2.24) is 5.32 Å². The summed E-state index contributed by atoms with van der Waals surface area (Å²) in [5.74, 6) is 0.0494. The van der Waals surface area contributed by atoms with Gasteiger partial charge in [-0.1, -0.05) is 41.1 Å². The molecular weight excluding hydrogens is 278 g/mol. The molecule has 0 radical (unpaired) electrons. The molecule has 0 aromatic heterocycles. The van der Waals surface area contributed by atoms with Crippen molar-refractivity contribution >= 4 is 21.8 Å². The van der Waals surface area contributed by atoms with Crippen molar-refractivity contribution in [2.24, 2.45) is 0 Å². The van der Waals surface area contributed by atoms with Gasteiger partial charge < -0.3 is 5.32 Å². The van der Waals surface area contributed by atoms with Gasteiger partial charge in [-0.05, 0) is 37.8 Å². The second-order valence-corrected chi connectivity index (χ2v) is 5.12. The maximum absolute atomic E-state index is 12.2. The molecule has 2 nitrogen and oxygen atoms in total. The first kappa shape index (κ1) is 14.2. The minimum absolute atomic E-state index is 0.0494. The zero-order valence-electron chi connectivity index (χ0n) is 10.7. The van der Waals surface area contributed by atoms with Gasteiger partial charge >= 0.3 is 0 Å². The lowest BCUT2D eigenvalue weighted by Gasteiger charge is -2.17. The van der Waals surface area contributed by atoms with Crippen LogP contribution in [0.25, 0.3) is 0 Å². The Morgan fingerprint density at radius 3 is 2.41 bits per heavy atom. The van der Waals surface area contributed by atoms with Gasteiger partial charge in [0, 0.05) is 16.9 Å². The number of carbonyl (C=O) groups excluding carboxylic acids is 1. The SMILES string of the molecule is CCC(CCBr)NC(=O)c1c(C)cccc1C. The number of alkyl halides is 1. The maximum atomic E-state index is 12.2. The molecule has 17 heavy (non-hydrogen) atoms. The zero-order chi connectivity index (χ0) is 12.8. The molecule has 1 amide bonds. The van der Waals surface area contributed by atoms with Gasteiger partial charge in [-0.3, -0.25) is 4.79 Å². The Morgan fingerprint density at radius 2 is 1.94 bits per heavy atom. The lowest BCUT2D eigenvalue weighted by Crippen LogP contribution is -2.35. The Bertz CT molecular complexity index is 370. The fraction of sp³-hybridized carbons (Fsp3) is 0.500. The molecule has 1 aromatic rings. The second kappa shape index (κ2) is 6.80. The van der Waals surface area contributed by atoms with Crippen LogP contribution in [-0.2, 0) is 0 Å². The molecule has 0 aliphatic carbocycles. The summed E-state index contributed by atoms with van der Waals surface area (Å²) in [5, 5.41) is 4.01. The number of rotatable bonds is 5. The molecular formula is C14H20BrNO. The smallest absolute Gasteiger partial charge is 0.252 e. The monoisotopic (exact) mass is 297 g/mol. The van der Waals surface area contributed by atoms with Gasteiger partial charge in [0.05, 0.1) is 0 Å². The predicted molar refractivity (Wildman–Crippen MR) is 75.9 cm³/mol. The Morgan fingerprint density at radius 1 is 1.35 bits per heavy atom. The third-order valence-electron chi connectivity index (χ3n) is 2.99. The van der Waals surface area contributed by atoms with Gasteiger partial charge in [0.2, 0.25) is 0 Å². The Hall–Kier alpha value is -0.830. The lowest BCUT2D eigenvalue weighted by molar-refractivity contribution is 0.0934. The van der Waals surface area contributed by atoms with Crippen molar-refractivity contribution < 1.29 is 4.79 Å². The number of amides is 1. The van der Waals surface area contributed by atoms with Crippen LogP contribution < -0.4 is 5.32 Å². The topological polar surface area (TPSA) is 29.1 Å². The van der Waals surface area contributed by atoms with E-state index < -0.39 is 0 Å². The first-order valence-electron chi connectivity index (χ1n) is 6.03. The third kappa shape index (κ3) is 3.84. The fourth-order valence-corrected chi connectivity index (χ4v) is 2.49. The molecule has 0 saturated carbocycles. The third-order valence-corrected chi connectivity index (χ3v) is 3.45. The molecule has 0 heterocycles. The molecule has 1 unspecified atom stereocenters. The summed E-state index contributed by atoms with van der Waals surface area (Å²) >= 11 is 3.41. The van der Waals surface area contributed by atoms with E-state index in [1.165, 1.54) is 0 Å². The van der Waals surface area contributed by atoms with E-state index in [-0.39, 0.29) is 11.9 Å². The van der Waals surface area contributed by atoms with Crippen molar-refractivity contribution in [3.8, 4) is 0 Å². The summed E-state index contributed by atoms with van der Waals surface area (Å²) in [6, 6.07) is 6.19. The van der Waals surface area contributed by atoms with Crippen LogP contribution in [0.2, 0.25) is 0 Å². The number of hydrogen-bond donors (Lipinski definition) is 1. The van der Waals surface area contributed by atoms with Crippen LogP contribution in [0.3, 0.4) is 0 Å². The van der Waals surface area contributed by atoms with Gasteiger partial charge in [0.1, 0.15) is 0 Å². The molecule has 94 valence electrons. The average molecular weight is 298 g/mol. The number of hydrogen-bond acceptors (Lipinski definition) is 1. The van der Waals surface area contributed by atoms with Gasteiger partial charge in [-0.25, -0.2) is 0 Å². The summed E-state index contributed by atoms with van der Waals surface area (Å²) in [7, 11) is 0. The average Bonchev–Trinajstić information content (AvgIpc) is 2.28. The Balaban J connectivity index is 2.82. The van der Waals surface area contributed by atoms with E-state index in [9.17, 15) is 4.79 Å². The quantitative estimate of drug-likeness (QED) is 0.827. The maximum Gasteiger partial charge on any atom is 0.252 e. The Labute approximate surface area is 112 Å². The molecule has 3 heteroatoms. The summed E-state index contributed by atoms with van der Waals surface area (Å²) in [6.07, 6.45) is 1.93. The van der Waals surface area contributed by atoms with E-state index in [0.29, 0.717) is 0 Å². The van der Waals surface area contributed by atoms with Crippen molar-refractivity contribution in [2.75, 3.05) is 5.33 Å². The molecule has 1 aromatic carbocycles. The van der Waals surface area contributed by atoms with Crippen molar-refractivity contribution in [3.63, 3.8) is 0 Å². The highest BCUT2D eigenvalue weighted by molar-refractivity contribution is 9.09. The van der Waals surface area contributed by atoms with Crippen LogP contribution in [0.5, 0.6) is 0 Å². The van der Waals surface area contributed by atoms with E-state index in [1.807, 2.05) is 32.0 Å². The largest absolute Gasteiger partial charge is 0.349 e. The summed E-state index contributed by atoms with van der Waals surface area (Å²) < 4.78 is 0. The number of halogens is 1. The lowest BCUT2D eigenvalue weighted by atomic mass is 10.0. The van der Waals surface area contributed by atoms with Crippen LogP contribution in [-0.4, -0.2) is 17.3 Å².